The Kier molecular flexibility index (Phi) is 3.53. The van der Waals surface area contributed by atoms with Crippen LogP contribution in [-0.4, -0.2) is 19.6 Å². The van der Waals surface area contributed by atoms with E-state index >= 15 is 0 Å². The molecule has 0 saturated heterocycles. The van der Waals surface area contributed by atoms with E-state index in [1.165, 1.54) is 13.5 Å². The van der Waals surface area contributed by atoms with Crippen LogP contribution in [0.25, 0.3) is 0 Å². The molecule has 0 aromatic rings. The fourth-order valence-electron chi connectivity index (χ4n) is 2.47. The van der Waals surface area contributed by atoms with Crippen molar-refractivity contribution in [3.63, 3.8) is 0 Å². The number of nitrogens with two attached hydrogens (primary N) is 1. The third-order valence-electron chi connectivity index (χ3n) is 3.33. The zero-order valence-corrected chi connectivity index (χ0v) is 9.38. The molecule has 14 heavy (non-hydrogen) atoms. The molecule has 3 nitrogen and oxygen atoms in total. The lowest BCUT2D eigenvalue weighted by molar-refractivity contribution is -0.147. The van der Waals surface area contributed by atoms with Crippen LogP contribution in [0.2, 0.25) is 0 Å². The minimum atomic E-state index is -0.143. The van der Waals surface area contributed by atoms with E-state index in [1.807, 2.05) is 0 Å². The normalized spacial score (nSPS) is 27.3. The van der Waals surface area contributed by atoms with Gasteiger partial charge in [0.15, 0.2) is 0 Å². The maximum Gasteiger partial charge on any atom is 0.310 e. The van der Waals surface area contributed by atoms with E-state index in [9.17, 15) is 4.79 Å². The van der Waals surface area contributed by atoms with Crippen molar-refractivity contribution < 1.29 is 9.53 Å². The Morgan fingerprint density at radius 1 is 1.64 bits per heavy atom. The number of hydrogen-bond acceptors (Lipinski definition) is 3. The number of esters is 1. The second-order valence-electron chi connectivity index (χ2n) is 5.03. The summed E-state index contributed by atoms with van der Waals surface area (Å²) >= 11 is 0. The lowest BCUT2D eigenvalue weighted by atomic mass is 9.85. The molecule has 1 aliphatic rings. The summed E-state index contributed by atoms with van der Waals surface area (Å²) in [4.78, 5) is 11.4. The fourth-order valence-corrected chi connectivity index (χ4v) is 2.47. The molecule has 0 aliphatic heterocycles. The van der Waals surface area contributed by atoms with Crippen LogP contribution >= 0.6 is 0 Å². The van der Waals surface area contributed by atoms with Gasteiger partial charge in [-0.05, 0) is 30.6 Å². The number of hydrogen-bond donors (Lipinski definition) is 1. The van der Waals surface area contributed by atoms with Crippen molar-refractivity contribution in [3.8, 4) is 0 Å². The zero-order chi connectivity index (χ0) is 10.8. The van der Waals surface area contributed by atoms with Gasteiger partial charge in [0.2, 0.25) is 0 Å². The van der Waals surface area contributed by atoms with Crippen molar-refractivity contribution in [2.45, 2.75) is 33.1 Å². The number of methoxy groups -OCH3 is 1. The molecule has 1 aliphatic carbocycles. The maximum atomic E-state index is 11.4. The molecule has 1 saturated carbocycles. The summed E-state index contributed by atoms with van der Waals surface area (Å²) in [5.74, 6) is 0.180. The fraction of sp³-hybridized carbons (Fsp3) is 0.909. The van der Waals surface area contributed by atoms with Crippen LogP contribution in [0.5, 0.6) is 0 Å². The summed E-state index contributed by atoms with van der Waals surface area (Å²) in [6.07, 6.45) is 3.37. The second-order valence-corrected chi connectivity index (χ2v) is 5.03. The van der Waals surface area contributed by atoms with Gasteiger partial charge in [0.25, 0.3) is 0 Å². The molecule has 0 spiro atoms. The van der Waals surface area contributed by atoms with Crippen LogP contribution < -0.4 is 5.73 Å². The molecule has 0 aromatic heterocycles. The van der Waals surface area contributed by atoms with Gasteiger partial charge in [-0.1, -0.05) is 13.8 Å². The van der Waals surface area contributed by atoms with E-state index in [0.717, 1.165) is 12.8 Å². The highest BCUT2D eigenvalue weighted by molar-refractivity contribution is 5.72. The topological polar surface area (TPSA) is 52.3 Å². The number of rotatable bonds is 3. The molecular weight excluding hydrogens is 178 g/mol. The van der Waals surface area contributed by atoms with E-state index in [2.05, 4.69) is 13.8 Å². The Bertz CT molecular complexity index is 213. The predicted octanol–water partition coefficient (Wildman–Crippen LogP) is 1.56. The van der Waals surface area contributed by atoms with Gasteiger partial charge in [-0.3, -0.25) is 4.79 Å². The number of ether oxygens (including phenoxy) is 1. The van der Waals surface area contributed by atoms with Crippen LogP contribution in [0.1, 0.15) is 33.1 Å². The molecule has 2 atom stereocenters. The first-order valence-electron chi connectivity index (χ1n) is 5.28. The van der Waals surface area contributed by atoms with Gasteiger partial charge in [0.05, 0.1) is 13.0 Å². The molecule has 1 rings (SSSR count). The first kappa shape index (κ1) is 11.5. The highest BCUT2D eigenvalue weighted by Crippen LogP contribution is 2.44. The second kappa shape index (κ2) is 4.30. The Balaban J connectivity index is 2.59. The molecule has 0 bridgehead atoms. The first-order chi connectivity index (χ1) is 6.50. The average Bonchev–Trinajstić information content (AvgIpc) is 2.47. The van der Waals surface area contributed by atoms with Gasteiger partial charge < -0.3 is 10.5 Å². The third-order valence-corrected chi connectivity index (χ3v) is 3.33. The average molecular weight is 199 g/mol. The summed E-state index contributed by atoms with van der Waals surface area (Å²) in [6.45, 7) is 4.91. The smallest absolute Gasteiger partial charge is 0.310 e. The van der Waals surface area contributed by atoms with Crippen LogP contribution in [0.4, 0.5) is 0 Å². The van der Waals surface area contributed by atoms with Gasteiger partial charge in [-0.25, -0.2) is 0 Å². The van der Waals surface area contributed by atoms with E-state index in [-0.39, 0.29) is 11.9 Å². The first-order valence-corrected chi connectivity index (χ1v) is 5.28. The molecule has 2 unspecified atom stereocenters. The largest absolute Gasteiger partial charge is 0.469 e. The Morgan fingerprint density at radius 3 is 2.64 bits per heavy atom. The molecule has 0 amide bonds. The number of carbonyl (C=O) groups is 1. The predicted molar refractivity (Wildman–Crippen MR) is 55.7 cm³/mol. The van der Waals surface area contributed by atoms with E-state index in [1.54, 1.807) is 0 Å². The monoisotopic (exact) mass is 199 g/mol. The Labute approximate surface area is 86.0 Å². The quantitative estimate of drug-likeness (QED) is 0.702. The molecule has 2 N–H and O–H groups in total. The Morgan fingerprint density at radius 2 is 2.29 bits per heavy atom. The van der Waals surface area contributed by atoms with Crippen LogP contribution in [0, 0.1) is 17.3 Å². The SMILES string of the molecule is COC(=O)C(CN)C1CCC(C)(C)C1. The van der Waals surface area contributed by atoms with Crippen molar-refractivity contribution in [1.29, 1.82) is 0 Å². The van der Waals surface area contributed by atoms with Gasteiger partial charge in [-0.15, -0.1) is 0 Å². The molecule has 82 valence electrons. The van der Waals surface area contributed by atoms with Crippen LogP contribution in [0.15, 0.2) is 0 Å². The minimum Gasteiger partial charge on any atom is -0.469 e. The summed E-state index contributed by atoms with van der Waals surface area (Å²) in [6, 6.07) is 0. The van der Waals surface area contributed by atoms with E-state index < -0.39 is 0 Å². The van der Waals surface area contributed by atoms with Crippen molar-refractivity contribution in [2.75, 3.05) is 13.7 Å². The molecule has 0 heterocycles. The highest BCUT2D eigenvalue weighted by Gasteiger charge is 2.38. The van der Waals surface area contributed by atoms with Crippen LogP contribution in [0.3, 0.4) is 0 Å². The molecular formula is C11H21NO2. The summed E-state index contributed by atoms with van der Waals surface area (Å²) in [7, 11) is 1.44. The Hall–Kier alpha value is -0.570. The van der Waals surface area contributed by atoms with E-state index in [0.29, 0.717) is 17.9 Å². The maximum absolute atomic E-state index is 11.4. The zero-order valence-electron chi connectivity index (χ0n) is 9.38. The lowest BCUT2D eigenvalue weighted by Gasteiger charge is -2.21. The standard InChI is InChI=1S/C11H21NO2/c1-11(2)5-4-8(6-11)9(7-12)10(13)14-3/h8-9H,4-7,12H2,1-3H3. The van der Waals surface area contributed by atoms with Crippen molar-refractivity contribution in [3.05, 3.63) is 0 Å². The molecule has 3 heteroatoms. The van der Waals surface area contributed by atoms with Gasteiger partial charge in [0, 0.05) is 6.54 Å². The van der Waals surface area contributed by atoms with Gasteiger partial charge >= 0.3 is 5.97 Å². The highest BCUT2D eigenvalue weighted by atomic mass is 16.5. The molecule has 1 fully saturated rings. The molecule has 0 radical (unpaired) electrons. The summed E-state index contributed by atoms with van der Waals surface area (Å²) < 4.78 is 4.76. The minimum absolute atomic E-state index is 0.0956. The van der Waals surface area contributed by atoms with Crippen molar-refractivity contribution >= 4 is 5.97 Å². The van der Waals surface area contributed by atoms with Gasteiger partial charge in [-0.2, -0.15) is 0 Å². The van der Waals surface area contributed by atoms with Crippen molar-refractivity contribution in [1.82, 2.24) is 0 Å². The lowest BCUT2D eigenvalue weighted by Crippen LogP contribution is -2.31. The summed E-state index contributed by atoms with van der Waals surface area (Å²) in [5.41, 5.74) is 5.98. The third kappa shape index (κ3) is 2.47. The van der Waals surface area contributed by atoms with Crippen molar-refractivity contribution in [2.24, 2.45) is 23.0 Å². The van der Waals surface area contributed by atoms with Gasteiger partial charge in [0.1, 0.15) is 0 Å². The molecule has 0 aromatic carbocycles. The number of carbonyl (C=O) groups excluding carboxylic acids is 1. The summed E-state index contributed by atoms with van der Waals surface area (Å²) in [5, 5.41) is 0. The van der Waals surface area contributed by atoms with Crippen LogP contribution in [-0.2, 0) is 9.53 Å². The van der Waals surface area contributed by atoms with E-state index in [4.69, 9.17) is 10.5 Å².